The Balaban J connectivity index is 1.86. The van der Waals surface area contributed by atoms with Gasteiger partial charge in [0.1, 0.15) is 6.10 Å². The highest BCUT2D eigenvalue weighted by molar-refractivity contribution is 5.84. The third kappa shape index (κ3) is 3.08. The van der Waals surface area contributed by atoms with E-state index in [1.54, 1.807) is 0 Å². The SMILES string of the molecule is CC1(C)CCC(Oc2nc(NN)nc3ccccc23)CC1. The number of hydrazine groups is 1. The minimum Gasteiger partial charge on any atom is -0.474 e. The first-order valence-corrected chi connectivity index (χ1v) is 7.47. The van der Waals surface area contributed by atoms with Gasteiger partial charge in [-0.05, 0) is 43.2 Å². The molecule has 1 fully saturated rings. The summed E-state index contributed by atoms with van der Waals surface area (Å²) >= 11 is 0. The number of nitrogens with zero attached hydrogens (tertiary/aromatic N) is 2. The van der Waals surface area contributed by atoms with Crippen molar-refractivity contribution in [1.82, 2.24) is 9.97 Å². The molecule has 1 aromatic heterocycles. The molecule has 2 aromatic rings. The van der Waals surface area contributed by atoms with E-state index in [9.17, 15) is 0 Å². The largest absolute Gasteiger partial charge is 0.474 e. The third-order valence-corrected chi connectivity index (χ3v) is 4.26. The zero-order valence-electron chi connectivity index (χ0n) is 12.6. The van der Waals surface area contributed by atoms with Crippen molar-refractivity contribution in [2.75, 3.05) is 5.43 Å². The fourth-order valence-corrected chi connectivity index (χ4v) is 2.85. The number of ether oxygens (including phenoxy) is 1. The van der Waals surface area contributed by atoms with Gasteiger partial charge in [-0.15, -0.1) is 0 Å². The third-order valence-electron chi connectivity index (χ3n) is 4.26. The average Bonchev–Trinajstić information content (AvgIpc) is 2.49. The predicted octanol–water partition coefficient (Wildman–Crippen LogP) is 3.26. The number of benzene rings is 1. The van der Waals surface area contributed by atoms with Gasteiger partial charge in [0.25, 0.3) is 0 Å². The van der Waals surface area contributed by atoms with E-state index in [1.165, 1.54) is 12.8 Å². The molecule has 5 heteroatoms. The number of nitrogen functional groups attached to an aromatic ring is 1. The molecule has 1 heterocycles. The molecule has 0 amide bonds. The number of fused-ring (bicyclic) bond motifs is 1. The van der Waals surface area contributed by atoms with E-state index in [1.807, 2.05) is 24.3 Å². The Morgan fingerprint density at radius 2 is 1.90 bits per heavy atom. The van der Waals surface area contributed by atoms with E-state index < -0.39 is 0 Å². The molecule has 0 atom stereocenters. The summed E-state index contributed by atoms with van der Waals surface area (Å²) in [7, 11) is 0. The van der Waals surface area contributed by atoms with Gasteiger partial charge in [0.05, 0.1) is 10.9 Å². The Morgan fingerprint density at radius 3 is 2.62 bits per heavy atom. The van der Waals surface area contributed by atoms with Gasteiger partial charge >= 0.3 is 0 Å². The lowest BCUT2D eigenvalue weighted by Gasteiger charge is -2.34. The van der Waals surface area contributed by atoms with E-state index in [4.69, 9.17) is 10.6 Å². The summed E-state index contributed by atoms with van der Waals surface area (Å²) in [6.45, 7) is 4.64. The molecular formula is C16H22N4O. The second-order valence-electron chi connectivity index (χ2n) is 6.50. The first kappa shape index (κ1) is 14.1. The van der Waals surface area contributed by atoms with Crippen molar-refractivity contribution in [3.63, 3.8) is 0 Å². The lowest BCUT2D eigenvalue weighted by molar-refractivity contribution is 0.0963. The van der Waals surface area contributed by atoms with E-state index in [-0.39, 0.29) is 6.10 Å². The summed E-state index contributed by atoms with van der Waals surface area (Å²) in [5.74, 6) is 6.46. The van der Waals surface area contributed by atoms with Gasteiger partial charge in [0.2, 0.25) is 11.8 Å². The van der Waals surface area contributed by atoms with Gasteiger partial charge < -0.3 is 4.74 Å². The van der Waals surface area contributed by atoms with E-state index in [0.717, 1.165) is 23.7 Å². The summed E-state index contributed by atoms with van der Waals surface area (Å²) in [6, 6.07) is 7.84. The van der Waals surface area contributed by atoms with Crippen LogP contribution in [-0.2, 0) is 0 Å². The first-order valence-electron chi connectivity index (χ1n) is 7.47. The average molecular weight is 286 g/mol. The fourth-order valence-electron chi connectivity index (χ4n) is 2.85. The molecule has 1 aromatic carbocycles. The highest BCUT2D eigenvalue weighted by Gasteiger charge is 2.28. The number of nitrogens with two attached hydrogens (primary N) is 1. The molecule has 3 rings (SSSR count). The summed E-state index contributed by atoms with van der Waals surface area (Å²) in [5.41, 5.74) is 3.78. The van der Waals surface area contributed by atoms with Crippen molar-refractivity contribution in [2.24, 2.45) is 11.3 Å². The molecule has 0 aliphatic heterocycles. The summed E-state index contributed by atoms with van der Waals surface area (Å²) < 4.78 is 6.16. The standard InChI is InChI=1S/C16H22N4O/c1-16(2)9-7-11(8-10-16)21-14-12-5-3-4-6-13(12)18-15(19-14)20-17/h3-6,11H,7-10,17H2,1-2H3,(H,18,19,20). The zero-order chi connectivity index (χ0) is 14.9. The van der Waals surface area contributed by atoms with Crippen molar-refractivity contribution < 1.29 is 4.74 Å². The molecule has 0 bridgehead atoms. The number of anilines is 1. The highest BCUT2D eigenvalue weighted by Crippen LogP contribution is 2.37. The van der Waals surface area contributed by atoms with Crippen LogP contribution in [0.2, 0.25) is 0 Å². The zero-order valence-corrected chi connectivity index (χ0v) is 12.6. The second-order valence-corrected chi connectivity index (χ2v) is 6.50. The van der Waals surface area contributed by atoms with Gasteiger partial charge in [-0.1, -0.05) is 26.0 Å². The van der Waals surface area contributed by atoms with E-state index in [2.05, 4.69) is 29.2 Å². The minimum atomic E-state index is 0.224. The maximum Gasteiger partial charge on any atom is 0.241 e. The Hall–Kier alpha value is -1.88. The van der Waals surface area contributed by atoms with Crippen LogP contribution in [0.25, 0.3) is 10.9 Å². The van der Waals surface area contributed by atoms with Gasteiger partial charge in [-0.3, -0.25) is 5.43 Å². The molecule has 5 nitrogen and oxygen atoms in total. The first-order chi connectivity index (χ1) is 10.1. The molecule has 1 aliphatic rings. The lowest BCUT2D eigenvalue weighted by Crippen LogP contribution is -2.28. The molecule has 1 saturated carbocycles. The van der Waals surface area contributed by atoms with Gasteiger partial charge in [0.15, 0.2) is 0 Å². The molecule has 0 radical (unpaired) electrons. The van der Waals surface area contributed by atoms with Crippen LogP contribution < -0.4 is 16.0 Å². The topological polar surface area (TPSA) is 73.1 Å². The van der Waals surface area contributed by atoms with Crippen LogP contribution in [0.5, 0.6) is 5.88 Å². The van der Waals surface area contributed by atoms with E-state index in [0.29, 0.717) is 17.2 Å². The molecule has 3 N–H and O–H groups in total. The molecule has 112 valence electrons. The van der Waals surface area contributed by atoms with Gasteiger partial charge in [-0.2, -0.15) is 4.98 Å². The number of nitrogens with one attached hydrogen (secondary N) is 1. The van der Waals surface area contributed by atoms with Crippen molar-refractivity contribution in [3.8, 4) is 5.88 Å². The number of hydrogen-bond acceptors (Lipinski definition) is 5. The Bertz CT molecular complexity index is 631. The Morgan fingerprint density at radius 1 is 1.19 bits per heavy atom. The summed E-state index contributed by atoms with van der Waals surface area (Å²) in [6.07, 6.45) is 4.72. The van der Waals surface area contributed by atoms with Gasteiger partial charge in [0, 0.05) is 0 Å². The molecule has 0 unspecified atom stereocenters. The minimum absolute atomic E-state index is 0.224. The maximum absolute atomic E-state index is 6.16. The Kier molecular flexibility index (Phi) is 3.68. The van der Waals surface area contributed by atoms with E-state index >= 15 is 0 Å². The van der Waals surface area contributed by atoms with Crippen LogP contribution in [0.1, 0.15) is 39.5 Å². The van der Waals surface area contributed by atoms with Crippen LogP contribution in [0, 0.1) is 5.41 Å². The van der Waals surface area contributed by atoms with Crippen LogP contribution in [0.3, 0.4) is 0 Å². The van der Waals surface area contributed by atoms with Crippen LogP contribution in [0.4, 0.5) is 5.95 Å². The quantitative estimate of drug-likeness (QED) is 0.669. The number of aromatic nitrogens is 2. The summed E-state index contributed by atoms with van der Waals surface area (Å²) in [5, 5.41) is 0.932. The molecular weight excluding hydrogens is 264 g/mol. The van der Waals surface area contributed by atoms with Crippen molar-refractivity contribution in [3.05, 3.63) is 24.3 Å². The molecule has 0 saturated heterocycles. The molecule has 0 spiro atoms. The Labute approximate surface area is 124 Å². The lowest BCUT2D eigenvalue weighted by atomic mass is 9.76. The van der Waals surface area contributed by atoms with Crippen molar-refractivity contribution >= 4 is 16.9 Å². The van der Waals surface area contributed by atoms with Crippen molar-refractivity contribution in [1.29, 1.82) is 0 Å². The monoisotopic (exact) mass is 286 g/mol. The summed E-state index contributed by atoms with van der Waals surface area (Å²) in [4.78, 5) is 8.72. The smallest absolute Gasteiger partial charge is 0.241 e. The molecule has 21 heavy (non-hydrogen) atoms. The van der Waals surface area contributed by atoms with Gasteiger partial charge in [-0.25, -0.2) is 10.8 Å². The van der Waals surface area contributed by atoms with Crippen LogP contribution in [-0.4, -0.2) is 16.1 Å². The number of rotatable bonds is 3. The predicted molar refractivity (Wildman–Crippen MR) is 84.0 cm³/mol. The maximum atomic E-state index is 6.16. The van der Waals surface area contributed by atoms with Crippen LogP contribution >= 0.6 is 0 Å². The molecule has 1 aliphatic carbocycles. The number of hydrogen-bond donors (Lipinski definition) is 2. The van der Waals surface area contributed by atoms with Crippen LogP contribution in [0.15, 0.2) is 24.3 Å². The highest BCUT2D eigenvalue weighted by atomic mass is 16.5. The normalized spacial score (nSPS) is 18.6. The fraction of sp³-hybridized carbons (Fsp3) is 0.500. The van der Waals surface area contributed by atoms with Crippen molar-refractivity contribution in [2.45, 2.75) is 45.6 Å². The second kappa shape index (κ2) is 5.48. The number of para-hydroxylation sites is 1.